The fraction of sp³-hybridized carbons (Fsp3) is 0.400. The molecule has 1 N–H and O–H groups in total. The van der Waals surface area contributed by atoms with E-state index in [1.54, 1.807) is 4.90 Å². The van der Waals surface area contributed by atoms with Gasteiger partial charge in [-0.15, -0.1) is 0 Å². The Morgan fingerprint density at radius 1 is 0.909 bits per heavy atom. The molecule has 1 aliphatic heterocycles. The van der Waals surface area contributed by atoms with Crippen molar-refractivity contribution in [3.8, 4) is 0 Å². The number of benzene rings is 2. The first kappa shape index (κ1) is 15.1. The summed E-state index contributed by atoms with van der Waals surface area (Å²) >= 11 is 0. The number of hydrogen-bond donors (Lipinski definition) is 1. The zero-order chi connectivity index (χ0) is 15.4. The Hall–Kier alpha value is -1.80. The van der Waals surface area contributed by atoms with E-state index in [0.29, 0.717) is 0 Å². The van der Waals surface area contributed by atoms with Crippen LogP contribution in [0.3, 0.4) is 0 Å². The summed E-state index contributed by atoms with van der Waals surface area (Å²) in [7, 11) is 0. The second-order valence-electron chi connectivity index (χ2n) is 6.37. The van der Waals surface area contributed by atoms with Crippen LogP contribution in [0.5, 0.6) is 0 Å². The molecule has 0 bridgehead atoms. The van der Waals surface area contributed by atoms with Crippen LogP contribution < -0.4 is 9.80 Å². The summed E-state index contributed by atoms with van der Waals surface area (Å²) in [6.45, 7) is 10.4. The lowest BCUT2D eigenvalue weighted by Gasteiger charge is -2.34. The van der Waals surface area contributed by atoms with Crippen molar-refractivity contribution in [3.63, 3.8) is 0 Å². The zero-order valence-corrected chi connectivity index (χ0v) is 13.8. The van der Waals surface area contributed by atoms with Gasteiger partial charge >= 0.3 is 0 Å². The van der Waals surface area contributed by atoms with E-state index in [1.807, 2.05) is 0 Å². The summed E-state index contributed by atoms with van der Waals surface area (Å²) < 4.78 is 0. The van der Waals surface area contributed by atoms with Gasteiger partial charge in [-0.25, -0.2) is 0 Å². The van der Waals surface area contributed by atoms with E-state index in [2.05, 4.69) is 67.3 Å². The quantitative estimate of drug-likeness (QED) is 0.910. The standard InChI is InChI=1S/C20H26N2/c1-3-18-8-10-19(11-9-18)16-21-12-14-22(15-13-21)20-7-5-4-6-17(20)2/h4-11H,3,12-16H2,1-2H3/p+1. The lowest BCUT2D eigenvalue weighted by molar-refractivity contribution is -0.914. The highest BCUT2D eigenvalue weighted by atomic mass is 15.3. The molecule has 1 fully saturated rings. The molecule has 2 aromatic carbocycles. The SMILES string of the molecule is CCc1ccc(C[NH+]2CCN(c3ccccc3C)CC2)cc1. The van der Waals surface area contributed by atoms with Gasteiger partial charge in [0.05, 0.1) is 26.2 Å². The van der Waals surface area contributed by atoms with Crippen molar-refractivity contribution in [1.82, 2.24) is 0 Å². The highest BCUT2D eigenvalue weighted by Crippen LogP contribution is 2.18. The molecule has 0 amide bonds. The average Bonchev–Trinajstić information content (AvgIpc) is 2.57. The zero-order valence-electron chi connectivity index (χ0n) is 13.8. The molecule has 2 nitrogen and oxygen atoms in total. The molecule has 3 rings (SSSR count). The Morgan fingerprint density at radius 2 is 1.55 bits per heavy atom. The first-order chi connectivity index (χ1) is 10.8. The maximum atomic E-state index is 2.54. The Bertz CT molecular complexity index is 595. The molecular formula is C20H27N2+. The van der Waals surface area contributed by atoms with Crippen molar-refractivity contribution in [2.75, 3.05) is 31.1 Å². The van der Waals surface area contributed by atoms with Crippen molar-refractivity contribution in [2.45, 2.75) is 26.8 Å². The topological polar surface area (TPSA) is 7.68 Å². The van der Waals surface area contributed by atoms with Gasteiger partial charge in [-0.05, 0) is 30.5 Å². The number of quaternary nitrogens is 1. The van der Waals surface area contributed by atoms with E-state index in [9.17, 15) is 0 Å². The summed E-state index contributed by atoms with van der Waals surface area (Å²) in [5.41, 5.74) is 5.70. The molecule has 2 aromatic rings. The predicted molar refractivity (Wildman–Crippen MR) is 93.6 cm³/mol. The fourth-order valence-corrected chi connectivity index (χ4v) is 3.34. The number of rotatable bonds is 4. The van der Waals surface area contributed by atoms with Crippen LogP contribution in [-0.4, -0.2) is 26.2 Å². The minimum atomic E-state index is 1.13. The van der Waals surface area contributed by atoms with E-state index in [1.165, 1.54) is 35.5 Å². The summed E-state index contributed by atoms with van der Waals surface area (Å²) in [5, 5.41) is 0. The maximum Gasteiger partial charge on any atom is 0.103 e. The van der Waals surface area contributed by atoms with Gasteiger partial charge in [0, 0.05) is 11.3 Å². The van der Waals surface area contributed by atoms with Crippen LogP contribution in [0.2, 0.25) is 0 Å². The number of anilines is 1. The maximum absolute atomic E-state index is 2.54. The summed E-state index contributed by atoms with van der Waals surface area (Å²) in [4.78, 5) is 4.24. The number of aryl methyl sites for hydroxylation is 2. The second kappa shape index (κ2) is 6.97. The third kappa shape index (κ3) is 3.50. The van der Waals surface area contributed by atoms with Gasteiger partial charge < -0.3 is 9.80 Å². The number of hydrogen-bond acceptors (Lipinski definition) is 1. The van der Waals surface area contributed by atoms with Gasteiger partial charge in [0.2, 0.25) is 0 Å². The second-order valence-corrected chi connectivity index (χ2v) is 6.37. The number of piperazine rings is 1. The van der Waals surface area contributed by atoms with Crippen molar-refractivity contribution in [3.05, 3.63) is 65.2 Å². The van der Waals surface area contributed by atoms with Gasteiger partial charge in [0.15, 0.2) is 0 Å². The smallest absolute Gasteiger partial charge is 0.103 e. The van der Waals surface area contributed by atoms with Crippen LogP contribution >= 0.6 is 0 Å². The van der Waals surface area contributed by atoms with Gasteiger partial charge in [-0.3, -0.25) is 0 Å². The minimum Gasteiger partial charge on any atom is -0.360 e. The number of nitrogens with zero attached hydrogens (tertiary/aromatic N) is 1. The Labute approximate surface area is 134 Å². The molecule has 0 aliphatic carbocycles. The first-order valence-electron chi connectivity index (χ1n) is 8.48. The molecule has 0 unspecified atom stereocenters. The Kier molecular flexibility index (Phi) is 4.79. The molecule has 0 radical (unpaired) electrons. The number of nitrogens with one attached hydrogen (secondary N) is 1. The molecule has 0 atom stereocenters. The highest BCUT2D eigenvalue weighted by molar-refractivity contribution is 5.53. The Morgan fingerprint density at radius 3 is 2.18 bits per heavy atom. The Balaban J connectivity index is 1.56. The van der Waals surface area contributed by atoms with Gasteiger partial charge in [-0.1, -0.05) is 49.4 Å². The van der Waals surface area contributed by atoms with E-state index < -0.39 is 0 Å². The van der Waals surface area contributed by atoms with Gasteiger partial charge in [0.1, 0.15) is 6.54 Å². The molecular weight excluding hydrogens is 268 g/mol. The molecule has 22 heavy (non-hydrogen) atoms. The van der Waals surface area contributed by atoms with Crippen LogP contribution in [0.4, 0.5) is 5.69 Å². The average molecular weight is 295 g/mol. The summed E-state index contributed by atoms with van der Waals surface area (Å²) in [5.74, 6) is 0. The van der Waals surface area contributed by atoms with Crippen molar-refractivity contribution in [2.24, 2.45) is 0 Å². The third-order valence-electron chi connectivity index (χ3n) is 4.81. The molecule has 1 saturated heterocycles. The summed E-state index contributed by atoms with van der Waals surface area (Å²) in [6.07, 6.45) is 1.13. The highest BCUT2D eigenvalue weighted by Gasteiger charge is 2.20. The van der Waals surface area contributed by atoms with Crippen LogP contribution in [-0.2, 0) is 13.0 Å². The van der Waals surface area contributed by atoms with Crippen LogP contribution in [0.25, 0.3) is 0 Å². The molecule has 1 heterocycles. The molecule has 116 valence electrons. The molecule has 1 aliphatic rings. The van der Waals surface area contributed by atoms with E-state index >= 15 is 0 Å². The van der Waals surface area contributed by atoms with Crippen LogP contribution in [0.15, 0.2) is 48.5 Å². The van der Waals surface area contributed by atoms with Crippen molar-refractivity contribution in [1.29, 1.82) is 0 Å². The molecule has 0 spiro atoms. The summed E-state index contributed by atoms with van der Waals surface area (Å²) in [6, 6.07) is 17.9. The first-order valence-corrected chi connectivity index (χ1v) is 8.48. The van der Waals surface area contributed by atoms with E-state index in [0.717, 1.165) is 26.1 Å². The van der Waals surface area contributed by atoms with Crippen LogP contribution in [0.1, 0.15) is 23.6 Å². The lowest BCUT2D eigenvalue weighted by atomic mass is 10.1. The third-order valence-corrected chi connectivity index (χ3v) is 4.81. The predicted octanol–water partition coefficient (Wildman–Crippen LogP) is 2.46. The molecule has 2 heteroatoms. The number of para-hydroxylation sites is 1. The largest absolute Gasteiger partial charge is 0.360 e. The van der Waals surface area contributed by atoms with E-state index in [4.69, 9.17) is 0 Å². The fourth-order valence-electron chi connectivity index (χ4n) is 3.34. The lowest BCUT2D eigenvalue weighted by Crippen LogP contribution is -3.13. The molecule has 0 saturated carbocycles. The van der Waals surface area contributed by atoms with Crippen LogP contribution in [0, 0.1) is 6.92 Å². The van der Waals surface area contributed by atoms with Crippen molar-refractivity contribution >= 4 is 5.69 Å². The normalized spacial score (nSPS) is 16.0. The van der Waals surface area contributed by atoms with Gasteiger partial charge in [0.25, 0.3) is 0 Å². The van der Waals surface area contributed by atoms with E-state index in [-0.39, 0.29) is 0 Å². The van der Waals surface area contributed by atoms with Crippen molar-refractivity contribution < 1.29 is 4.90 Å². The molecule has 0 aromatic heterocycles. The minimum absolute atomic E-state index is 1.13. The monoisotopic (exact) mass is 295 g/mol. The van der Waals surface area contributed by atoms with Gasteiger partial charge in [-0.2, -0.15) is 0 Å².